The second-order valence-corrected chi connectivity index (χ2v) is 7.55. The van der Waals surface area contributed by atoms with Crippen molar-refractivity contribution in [3.8, 4) is 11.4 Å². The van der Waals surface area contributed by atoms with Crippen molar-refractivity contribution in [2.45, 2.75) is 33.7 Å². The number of carbonyl (C=O) groups excluding carboxylic acids is 3. The molecule has 1 aromatic heterocycles. The zero-order valence-electron chi connectivity index (χ0n) is 17.6. The van der Waals surface area contributed by atoms with Crippen LogP contribution >= 0.6 is 0 Å². The first-order chi connectivity index (χ1) is 14.8. The number of rotatable bonds is 8. The molecule has 0 spiro atoms. The van der Waals surface area contributed by atoms with E-state index in [1.54, 1.807) is 48.5 Å². The van der Waals surface area contributed by atoms with Crippen LogP contribution < -0.4 is 10.6 Å². The van der Waals surface area contributed by atoms with Crippen LogP contribution in [0.3, 0.4) is 0 Å². The van der Waals surface area contributed by atoms with Gasteiger partial charge in [0, 0.05) is 28.9 Å². The lowest BCUT2D eigenvalue weighted by molar-refractivity contribution is -0.117. The summed E-state index contributed by atoms with van der Waals surface area (Å²) in [6.07, 6.45) is 0.457. The van der Waals surface area contributed by atoms with E-state index in [1.165, 1.54) is 11.7 Å². The van der Waals surface area contributed by atoms with Gasteiger partial charge in [0.05, 0.1) is 0 Å². The molecule has 0 aliphatic rings. The molecule has 0 fully saturated rings. The molecule has 3 aromatic rings. The number of Topliss-reactive ketones (excluding diaryl/α,β-unsaturated/α-hetero) is 1. The standard InChI is InChI=1S/C22H24N6O3/c1-14(2)11-20(30)23-18-9-7-16(8-10-18)22-25-27-28(26-22)13-21(31)24-19-6-4-5-17(12-19)15(3)29/h4-10,12,14H,11,13H2,1-3H3,(H,23,30)(H,24,31). The van der Waals surface area contributed by atoms with Gasteiger partial charge in [0.1, 0.15) is 6.54 Å². The van der Waals surface area contributed by atoms with Crippen LogP contribution in [0.4, 0.5) is 11.4 Å². The van der Waals surface area contributed by atoms with Crippen molar-refractivity contribution in [2.24, 2.45) is 5.92 Å². The van der Waals surface area contributed by atoms with E-state index in [-0.39, 0.29) is 30.1 Å². The van der Waals surface area contributed by atoms with Crippen molar-refractivity contribution in [1.82, 2.24) is 20.2 Å². The minimum atomic E-state index is -0.340. The van der Waals surface area contributed by atoms with Crippen LogP contribution in [0.25, 0.3) is 11.4 Å². The van der Waals surface area contributed by atoms with E-state index in [9.17, 15) is 14.4 Å². The number of anilines is 2. The number of hydrogen-bond acceptors (Lipinski definition) is 6. The Balaban J connectivity index is 1.59. The lowest BCUT2D eigenvalue weighted by atomic mass is 10.1. The summed E-state index contributed by atoms with van der Waals surface area (Å²) in [6, 6.07) is 13.8. The summed E-state index contributed by atoms with van der Waals surface area (Å²) in [7, 11) is 0. The van der Waals surface area contributed by atoms with Crippen LogP contribution in [0.15, 0.2) is 48.5 Å². The van der Waals surface area contributed by atoms with Crippen LogP contribution in [0.5, 0.6) is 0 Å². The first-order valence-electron chi connectivity index (χ1n) is 9.89. The minimum Gasteiger partial charge on any atom is -0.326 e. The molecule has 2 aromatic carbocycles. The highest BCUT2D eigenvalue weighted by molar-refractivity contribution is 5.97. The van der Waals surface area contributed by atoms with E-state index in [1.807, 2.05) is 13.8 Å². The molecule has 31 heavy (non-hydrogen) atoms. The number of tetrazole rings is 1. The second kappa shape index (κ2) is 9.75. The largest absolute Gasteiger partial charge is 0.326 e. The van der Waals surface area contributed by atoms with Gasteiger partial charge in [-0.15, -0.1) is 10.2 Å². The Labute approximate surface area is 179 Å². The van der Waals surface area contributed by atoms with Crippen molar-refractivity contribution >= 4 is 29.0 Å². The average Bonchev–Trinajstić information content (AvgIpc) is 3.16. The third-order valence-corrected chi connectivity index (χ3v) is 4.31. The van der Waals surface area contributed by atoms with E-state index in [0.29, 0.717) is 34.7 Å². The van der Waals surface area contributed by atoms with Crippen LogP contribution in [0.1, 0.15) is 37.6 Å². The molecule has 0 unspecified atom stereocenters. The number of nitrogens with zero attached hydrogens (tertiary/aromatic N) is 4. The highest BCUT2D eigenvalue weighted by Gasteiger charge is 2.11. The molecule has 0 saturated heterocycles. The van der Waals surface area contributed by atoms with Gasteiger partial charge >= 0.3 is 0 Å². The maximum absolute atomic E-state index is 12.3. The van der Waals surface area contributed by atoms with Crippen molar-refractivity contribution in [3.63, 3.8) is 0 Å². The maximum atomic E-state index is 12.3. The number of carbonyl (C=O) groups is 3. The summed E-state index contributed by atoms with van der Waals surface area (Å²) >= 11 is 0. The fourth-order valence-corrected chi connectivity index (χ4v) is 2.86. The summed E-state index contributed by atoms with van der Waals surface area (Å²) in [6.45, 7) is 5.32. The Bertz CT molecular complexity index is 1090. The van der Waals surface area contributed by atoms with E-state index < -0.39 is 0 Å². The van der Waals surface area contributed by atoms with Crippen LogP contribution in [0.2, 0.25) is 0 Å². The van der Waals surface area contributed by atoms with Crippen molar-refractivity contribution < 1.29 is 14.4 Å². The molecule has 0 saturated carbocycles. The fraction of sp³-hybridized carbons (Fsp3) is 0.273. The smallest absolute Gasteiger partial charge is 0.248 e. The Morgan fingerprint density at radius 3 is 2.35 bits per heavy atom. The minimum absolute atomic E-state index is 0.0355. The second-order valence-electron chi connectivity index (χ2n) is 7.55. The molecule has 3 rings (SSSR count). The fourth-order valence-electron chi connectivity index (χ4n) is 2.86. The third kappa shape index (κ3) is 6.30. The highest BCUT2D eigenvalue weighted by Crippen LogP contribution is 2.18. The van der Waals surface area contributed by atoms with Crippen LogP contribution in [0, 0.1) is 5.92 Å². The Kier molecular flexibility index (Phi) is 6.86. The molecule has 0 aliphatic carbocycles. The number of benzene rings is 2. The van der Waals surface area contributed by atoms with E-state index >= 15 is 0 Å². The quantitative estimate of drug-likeness (QED) is 0.540. The van der Waals surface area contributed by atoms with Gasteiger partial charge in [0.25, 0.3) is 0 Å². The van der Waals surface area contributed by atoms with Crippen molar-refractivity contribution in [3.05, 3.63) is 54.1 Å². The molecule has 0 atom stereocenters. The van der Waals surface area contributed by atoms with E-state index in [4.69, 9.17) is 0 Å². The molecule has 1 heterocycles. The molecule has 9 nitrogen and oxygen atoms in total. The molecular formula is C22H24N6O3. The normalized spacial score (nSPS) is 10.7. The number of hydrogen-bond donors (Lipinski definition) is 2. The SMILES string of the molecule is CC(=O)c1cccc(NC(=O)Cn2nnc(-c3ccc(NC(=O)CC(C)C)cc3)n2)c1. The summed E-state index contributed by atoms with van der Waals surface area (Å²) in [5.41, 5.74) is 2.44. The monoisotopic (exact) mass is 420 g/mol. The summed E-state index contributed by atoms with van der Waals surface area (Å²) < 4.78 is 0. The van der Waals surface area contributed by atoms with Gasteiger partial charge in [-0.3, -0.25) is 14.4 Å². The van der Waals surface area contributed by atoms with E-state index in [0.717, 1.165) is 0 Å². The van der Waals surface area contributed by atoms with Gasteiger partial charge < -0.3 is 10.6 Å². The molecule has 0 bridgehead atoms. The predicted octanol–water partition coefficient (Wildman–Crippen LogP) is 3.17. The zero-order chi connectivity index (χ0) is 22.4. The van der Waals surface area contributed by atoms with Gasteiger partial charge in [-0.2, -0.15) is 4.80 Å². The molecule has 160 valence electrons. The van der Waals surface area contributed by atoms with Gasteiger partial charge in [0.2, 0.25) is 17.6 Å². The zero-order valence-corrected chi connectivity index (χ0v) is 17.6. The maximum Gasteiger partial charge on any atom is 0.248 e. The van der Waals surface area contributed by atoms with Crippen LogP contribution in [-0.4, -0.2) is 37.8 Å². The molecule has 2 N–H and O–H groups in total. The Morgan fingerprint density at radius 1 is 0.968 bits per heavy atom. The number of nitrogens with one attached hydrogen (secondary N) is 2. The highest BCUT2D eigenvalue weighted by atomic mass is 16.2. The van der Waals surface area contributed by atoms with Gasteiger partial charge in [-0.05, 0) is 54.5 Å². The predicted molar refractivity (Wildman–Crippen MR) is 116 cm³/mol. The van der Waals surface area contributed by atoms with Gasteiger partial charge in [-0.25, -0.2) is 0 Å². The Morgan fingerprint density at radius 2 is 1.68 bits per heavy atom. The first kappa shape index (κ1) is 21.8. The number of amides is 2. The lowest BCUT2D eigenvalue weighted by Gasteiger charge is -2.07. The van der Waals surface area contributed by atoms with Gasteiger partial charge in [0.15, 0.2) is 5.78 Å². The molecular weight excluding hydrogens is 396 g/mol. The van der Waals surface area contributed by atoms with Gasteiger partial charge in [-0.1, -0.05) is 26.0 Å². The summed E-state index contributed by atoms with van der Waals surface area (Å²) in [5, 5.41) is 17.7. The third-order valence-electron chi connectivity index (χ3n) is 4.31. The first-order valence-corrected chi connectivity index (χ1v) is 9.89. The topological polar surface area (TPSA) is 119 Å². The molecule has 2 amide bonds. The van der Waals surface area contributed by atoms with Crippen molar-refractivity contribution in [2.75, 3.05) is 10.6 Å². The van der Waals surface area contributed by atoms with Crippen molar-refractivity contribution in [1.29, 1.82) is 0 Å². The number of aromatic nitrogens is 4. The number of ketones is 1. The Hall–Kier alpha value is -3.88. The van der Waals surface area contributed by atoms with E-state index in [2.05, 4.69) is 26.0 Å². The lowest BCUT2D eigenvalue weighted by Crippen LogP contribution is -2.20. The summed E-state index contributed by atoms with van der Waals surface area (Å²) in [5.74, 6) is 0.198. The molecule has 0 radical (unpaired) electrons. The molecule has 9 heteroatoms. The average molecular weight is 420 g/mol. The van der Waals surface area contributed by atoms with Crippen LogP contribution in [-0.2, 0) is 16.1 Å². The summed E-state index contributed by atoms with van der Waals surface area (Å²) in [4.78, 5) is 36.8. The molecule has 0 aliphatic heterocycles.